The van der Waals surface area contributed by atoms with Crippen LogP contribution in [0.4, 0.5) is 17.1 Å². The lowest BCUT2D eigenvalue weighted by Crippen LogP contribution is -2.11. The van der Waals surface area contributed by atoms with Crippen molar-refractivity contribution in [3.63, 3.8) is 0 Å². The average molecular weight is 499 g/mol. The van der Waals surface area contributed by atoms with E-state index >= 15 is 0 Å². The quantitative estimate of drug-likeness (QED) is 0.220. The number of para-hydroxylation sites is 1. The number of hydrogen-bond acceptors (Lipinski definition) is 2. The van der Waals surface area contributed by atoms with E-state index < -0.39 is 0 Å². The summed E-state index contributed by atoms with van der Waals surface area (Å²) >= 11 is 0. The van der Waals surface area contributed by atoms with Crippen LogP contribution in [0.1, 0.15) is 0 Å². The van der Waals surface area contributed by atoms with Crippen molar-refractivity contribution in [2.24, 2.45) is 0 Å². The first-order chi connectivity index (χ1) is 19.2. The summed E-state index contributed by atoms with van der Waals surface area (Å²) < 4.78 is 6.18. The molecule has 0 atom stereocenters. The van der Waals surface area contributed by atoms with Crippen molar-refractivity contribution in [2.45, 2.75) is 0 Å². The summed E-state index contributed by atoms with van der Waals surface area (Å²) in [5.74, 6) is 0. The molecular formula is C36H26BNO. The first kappa shape index (κ1) is 23.1. The summed E-state index contributed by atoms with van der Waals surface area (Å²) in [5, 5.41) is 2.29. The largest absolute Gasteiger partial charge is 0.456 e. The molecule has 0 fully saturated rings. The smallest absolute Gasteiger partial charge is 0.139 e. The summed E-state index contributed by atoms with van der Waals surface area (Å²) in [4.78, 5) is 2.32. The maximum Gasteiger partial charge on any atom is 0.139 e. The van der Waals surface area contributed by atoms with Crippen LogP contribution in [0.25, 0.3) is 44.2 Å². The third-order valence-electron chi connectivity index (χ3n) is 7.34. The number of rotatable bonds is 5. The van der Waals surface area contributed by atoms with Gasteiger partial charge >= 0.3 is 0 Å². The molecule has 0 aliphatic heterocycles. The molecule has 184 valence electrons. The lowest BCUT2D eigenvalue weighted by atomic mass is 9.96. The van der Waals surface area contributed by atoms with Crippen LogP contribution in [0.15, 0.2) is 150 Å². The van der Waals surface area contributed by atoms with Gasteiger partial charge in [-0.05, 0) is 70.8 Å². The van der Waals surface area contributed by atoms with Crippen LogP contribution in [0, 0.1) is 0 Å². The fourth-order valence-electron chi connectivity index (χ4n) is 5.40. The van der Waals surface area contributed by atoms with Crippen molar-refractivity contribution in [2.75, 3.05) is 4.90 Å². The third kappa shape index (κ3) is 4.28. The number of benzene rings is 6. The van der Waals surface area contributed by atoms with Crippen LogP contribution in [-0.2, 0) is 0 Å². The van der Waals surface area contributed by atoms with Crippen LogP contribution < -0.4 is 10.4 Å². The molecule has 0 N–H and O–H groups in total. The van der Waals surface area contributed by atoms with E-state index in [0.717, 1.165) is 44.6 Å². The van der Waals surface area contributed by atoms with E-state index in [0.29, 0.717) is 0 Å². The standard InChI is InChI=1S/C36H26BNO/c37-28-18-22-30(23-19-28)38(29-20-16-26(17-21-29)25-8-2-1-3-9-25)31-11-6-10-27(24-31)32-13-7-15-35-36(32)33-12-4-5-14-34(33)39-35/h1-24H,37H2. The van der Waals surface area contributed by atoms with Gasteiger partial charge in [0.15, 0.2) is 0 Å². The van der Waals surface area contributed by atoms with Crippen LogP contribution in [0.3, 0.4) is 0 Å². The first-order valence-corrected chi connectivity index (χ1v) is 13.3. The molecule has 0 spiro atoms. The maximum absolute atomic E-state index is 6.18. The molecular weight excluding hydrogens is 473 g/mol. The Kier molecular flexibility index (Phi) is 5.75. The Bertz CT molecular complexity index is 1910. The van der Waals surface area contributed by atoms with Gasteiger partial charge in [0.05, 0.1) is 0 Å². The molecule has 6 aromatic carbocycles. The Hall–Kier alpha value is -5.02. The van der Waals surface area contributed by atoms with Gasteiger partial charge in [-0.15, -0.1) is 0 Å². The SMILES string of the molecule is Bc1ccc(N(c2ccc(-c3ccccc3)cc2)c2cccc(-c3cccc4oc5ccccc5c34)c2)cc1. The number of fused-ring (bicyclic) bond motifs is 3. The molecule has 2 nitrogen and oxygen atoms in total. The monoisotopic (exact) mass is 499 g/mol. The van der Waals surface area contributed by atoms with Crippen LogP contribution in [0.5, 0.6) is 0 Å². The second-order valence-electron chi connectivity index (χ2n) is 9.91. The number of anilines is 3. The van der Waals surface area contributed by atoms with Crippen molar-refractivity contribution >= 4 is 52.3 Å². The molecule has 1 aromatic heterocycles. The molecule has 0 radical (unpaired) electrons. The van der Waals surface area contributed by atoms with Gasteiger partial charge in [0.1, 0.15) is 19.0 Å². The van der Waals surface area contributed by atoms with Crippen molar-refractivity contribution in [1.29, 1.82) is 0 Å². The Morgan fingerprint density at radius 2 is 1.08 bits per heavy atom. The summed E-state index contributed by atoms with van der Waals surface area (Å²) in [6, 6.07) is 51.4. The topological polar surface area (TPSA) is 16.4 Å². The Morgan fingerprint density at radius 1 is 0.462 bits per heavy atom. The predicted molar refractivity (Wildman–Crippen MR) is 167 cm³/mol. The van der Waals surface area contributed by atoms with E-state index in [1.807, 2.05) is 12.1 Å². The molecule has 0 saturated heterocycles. The zero-order chi connectivity index (χ0) is 26.2. The van der Waals surface area contributed by atoms with Crippen molar-refractivity contribution in [3.05, 3.63) is 146 Å². The van der Waals surface area contributed by atoms with E-state index in [-0.39, 0.29) is 0 Å². The van der Waals surface area contributed by atoms with Gasteiger partial charge in [0.2, 0.25) is 0 Å². The predicted octanol–water partition coefficient (Wildman–Crippen LogP) is 8.65. The highest BCUT2D eigenvalue weighted by molar-refractivity contribution is 6.32. The van der Waals surface area contributed by atoms with Gasteiger partial charge in [-0.2, -0.15) is 0 Å². The third-order valence-corrected chi connectivity index (χ3v) is 7.34. The Labute approximate surface area is 229 Å². The van der Waals surface area contributed by atoms with Crippen LogP contribution in [0.2, 0.25) is 0 Å². The minimum atomic E-state index is 0.908. The molecule has 0 bridgehead atoms. The molecule has 0 amide bonds. The number of furan rings is 1. The molecule has 7 rings (SSSR count). The van der Waals surface area contributed by atoms with Gasteiger partial charge in [-0.1, -0.05) is 103 Å². The number of nitrogens with zero attached hydrogens (tertiary/aromatic N) is 1. The van der Waals surface area contributed by atoms with Crippen LogP contribution in [-0.4, -0.2) is 7.85 Å². The molecule has 0 saturated carbocycles. The highest BCUT2D eigenvalue weighted by Crippen LogP contribution is 2.40. The van der Waals surface area contributed by atoms with E-state index in [4.69, 9.17) is 4.42 Å². The highest BCUT2D eigenvalue weighted by Gasteiger charge is 2.16. The number of hydrogen-bond donors (Lipinski definition) is 0. The first-order valence-electron chi connectivity index (χ1n) is 13.3. The zero-order valence-electron chi connectivity index (χ0n) is 21.7. The summed E-state index contributed by atoms with van der Waals surface area (Å²) in [6.45, 7) is 0. The minimum Gasteiger partial charge on any atom is -0.456 e. The van der Waals surface area contributed by atoms with Crippen molar-refractivity contribution in [3.8, 4) is 22.3 Å². The van der Waals surface area contributed by atoms with Gasteiger partial charge in [-0.3, -0.25) is 0 Å². The Morgan fingerprint density at radius 3 is 1.87 bits per heavy atom. The highest BCUT2D eigenvalue weighted by atomic mass is 16.3. The van der Waals surface area contributed by atoms with Gasteiger partial charge < -0.3 is 9.32 Å². The van der Waals surface area contributed by atoms with Crippen LogP contribution >= 0.6 is 0 Å². The maximum atomic E-state index is 6.18. The summed E-state index contributed by atoms with van der Waals surface area (Å²) in [7, 11) is 2.12. The minimum absolute atomic E-state index is 0.908. The summed E-state index contributed by atoms with van der Waals surface area (Å²) in [5.41, 5.74) is 11.1. The molecule has 0 aliphatic carbocycles. The summed E-state index contributed by atoms with van der Waals surface area (Å²) in [6.07, 6.45) is 0. The van der Waals surface area contributed by atoms with Gasteiger partial charge in [0, 0.05) is 27.8 Å². The van der Waals surface area contributed by atoms with Gasteiger partial charge in [0.25, 0.3) is 0 Å². The lowest BCUT2D eigenvalue weighted by molar-refractivity contribution is 0.669. The molecule has 3 heteroatoms. The van der Waals surface area contributed by atoms with E-state index in [1.54, 1.807) is 0 Å². The molecule has 0 aliphatic rings. The molecule has 1 heterocycles. The van der Waals surface area contributed by atoms with E-state index in [9.17, 15) is 0 Å². The molecule has 39 heavy (non-hydrogen) atoms. The second-order valence-corrected chi connectivity index (χ2v) is 9.91. The van der Waals surface area contributed by atoms with Crippen molar-refractivity contribution < 1.29 is 4.42 Å². The Balaban J connectivity index is 1.37. The zero-order valence-corrected chi connectivity index (χ0v) is 21.7. The van der Waals surface area contributed by atoms with Gasteiger partial charge in [-0.25, -0.2) is 0 Å². The normalized spacial score (nSPS) is 11.2. The van der Waals surface area contributed by atoms with E-state index in [1.165, 1.54) is 22.2 Å². The van der Waals surface area contributed by atoms with Crippen molar-refractivity contribution in [1.82, 2.24) is 0 Å². The van der Waals surface area contributed by atoms with E-state index in [2.05, 4.69) is 146 Å². The second kappa shape index (κ2) is 9.70. The fraction of sp³-hybridized carbons (Fsp3) is 0. The fourth-order valence-corrected chi connectivity index (χ4v) is 5.40. The molecule has 0 unspecified atom stereocenters. The molecule has 7 aromatic rings. The lowest BCUT2D eigenvalue weighted by Gasteiger charge is -2.26. The average Bonchev–Trinajstić information content (AvgIpc) is 3.38.